The zero-order valence-electron chi connectivity index (χ0n) is 12.8. The van der Waals surface area contributed by atoms with E-state index in [9.17, 15) is 0 Å². The van der Waals surface area contributed by atoms with Gasteiger partial charge in [-0.2, -0.15) is 0 Å². The number of benzene rings is 1. The highest BCUT2D eigenvalue weighted by Gasteiger charge is 2.20. The minimum Gasteiger partial charge on any atom is -0.491 e. The molecule has 1 saturated carbocycles. The molecule has 2 rings (SSSR count). The summed E-state index contributed by atoms with van der Waals surface area (Å²) in [5.41, 5.74) is 2.54. The maximum Gasteiger partial charge on any atom is 0.123 e. The number of nitrogens with one attached hydrogen (secondary N) is 1. The Kier molecular flexibility index (Phi) is 6.34. The van der Waals surface area contributed by atoms with Gasteiger partial charge in [0.25, 0.3) is 0 Å². The van der Waals surface area contributed by atoms with Gasteiger partial charge in [-0.1, -0.05) is 31.0 Å². The van der Waals surface area contributed by atoms with E-state index in [-0.39, 0.29) is 0 Å². The molecule has 1 aliphatic carbocycles. The van der Waals surface area contributed by atoms with Crippen molar-refractivity contribution in [1.82, 2.24) is 5.32 Å². The van der Waals surface area contributed by atoms with Crippen LogP contribution in [0.25, 0.3) is 0 Å². The Morgan fingerprint density at radius 2 is 2.05 bits per heavy atom. The average Bonchev–Trinajstić information content (AvgIpc) is 3.26. The molecule has 112 valence electrons. The Balaban J connectivity index is 1.76. The van der Waals surface area contributed by atoms with E-state index in [2.05, 4.69) is 37.4 Å². The maximum absolute atomic E-state index is 5.86. The maximum atomic E-state index is 5.86. The molecule has 0 atom stereocenters. The number of unbranched alkanes of at least 4 members (excludes halogenated alkanes) is 1. The van der Waals surface area contributed by atoms with Crippen molar-refractivity contribution in [2.45, 2.75) is 52.1 Å². The lowest BCUT2D eigenvalue weighted by Gasteiger charge is -2.13. The first-order valence-electron chi connectivity index (χ1n) is 7.83. The van der Waals surface area contributed by atoms with Crippen molar-refractivity contribution >= 4 is 0 Å². The van der Waals surface area contributed by atoms with Crippen LogP contribution in [0, 0.1) is 6.92 Å². The van der Waals surface area contributed by atoms with Gasteiger partial charge in [0.15, 0.2) is 0 Å². The van der Waals surface area contributed by atoms with Crippen LogP contribution in [-0.2, 0) is 11.3 Å². The number of hydrogen-bond acceptors (Lipinski definition) is 3. The van der Waals surface area contributed by atoms with Gasteiger partial charge in [0.1, 0.15) is 12.4 Å². The van der Waals surface area contributed by atoms with Gasteiger partial charge >= 0.3 is 0 Å². The molecule has 3 heteroatoms. The van der Waals surface area contributed by atoms with Gasteiger partial charge in [0.2, 0.25) is 0 Å². The molecule has 0 bridgehead atoms. The largest absolute Gasteiger partial charge is 0.491 e. The molecular formula is C17H27NO2. The lowest BCUT2D eigenvalue weighted by molar-refractivity contribution is 0.0977. The van der Waals surface area contributed by atoms with Crippen LogP contribution in [0.2, 0.25) is 0 Å². The highest BCUT2D eigenvalue weighted by molar-refractivity contribution is 5.37. The van der Waals surface area contributed by atoms with Crippen LogP contribution in [0.4, 0.5) is 0 Å². The van der Waals surface area contributed by atoms with Crippen molar-refractivity contribution in [1.29, 1.82) is 0 Å². The summed E-state index contributed by atoms with van der Waals surface area (Å²) in [5, 5.41) is 3.55. The molecule has 1 aliphatic rings. The van der Waals surface area contributed by atoms with Crippen molar-refractivity contribution < 1.29 is 9.47 Å². The topological polar surface area (TPSA) is 30.5 Å². The predicted molar refractivity (Wildman–Crippen MR) is 82.3 cm³/mol. The normalized spacial score (nSPS) is 14.5. The van der Waals surface area contributed by atoms with Crippen LogP contribution in [0.3, 0.4) is 0 Å². The second kappa shape index (κ2) is 8.28. The molecule has 0 heterocycles. The van der Waals surface area contributed by atoms with Crippen molar-refractivity contribution in [2.24, 2.45) is 0 Å². The summed E-state index contributed by atoms with van der Waals surface area (Å²) in [6, 6.07) is 7.11. The van der Waals surface area contributed by atoms with Crippen molar-refractivity contribution in [3.8, 4) is 5.75 Å². The molecule has 0 aromatic heterocycles. The smallest absolute Gasteiger partial charge is 0.123 e. The van der Waals surface area contributed by atoms with Gasteiger partial charge in [-0.05, 0) is 32.3 Å². The average molecular weight is 277 g/mol. The highest BCUT2D eigenvalue weighted by atomic mass is 16.5. The monoisotopic (exact) mass is 277 g/mol. The SMILES string of the molecule is CCCCOCCOc1ccc(C)cc1CNC1CC1. The van der Waals surface area contributed by atoms with E-state index in [1.165, 1.54) is 30.4 Å². The first kappa shape index (κ1) is 15.3. The van der Waals surface area contributed by atoms with Crippen LogP contribution in [0.5, 0.6) is 5.75 Å². The van der Waals surface area contributed by atoms with E-state index in [0.29, 0.717) is 13.2 Å². The van der Waals surface area contributed by atoms with Gasteiger partial charge < -0.3 is 14.8 Å². The summed E-state index contributed by atoms with van der Waals surface area (Å²) in [6.45, 7) is 7.33. The Bertz CT molecular complexity index is 402. The zero-order valence-corrected chi connectivity index (χ0v) is 12.8. The molecule has 1 aromatic rings. The lowest BCUT2D eigenvalue weighted by Crippen LogP contribution is -2.17. The number of aryl methyl sites for hydroxylation is 1. The third-order valence-corrected chi connectivity index (χ3v) is 3.50. The molecule has 1 fully saturated rings. The lowest BCUT2D eigenvalue weighted by atomic mass is 10.1. The summed E-state index contributed by atoms with van der Waals surface area (Å²) in [4.78, 5) is 0. The number of rotatable bonds is 10. The Hall–Kier alpha value is -1.06. The summed E-state index contributed by atoms with van der Waals surface area (Å²) >= 11 is 0. The molecule has 0 radical (unpaired) electrons. The van der Waals surface area contributed by atoms with Crippen LogP contribution in [0.15, 0.2) is 18.2 Å². The molecule has 3 nitrogen and oxygen atoms in total. The standard InChI is InChI=1S/C17H27NO2/c1-3-4-9-19-10-11-20-17-8-5-14(2)12-15(17)13-18-16-6-7-16/h5,8,12,16,18H,3-4,6-7,9-11,13H2,1-2H3. The molecule has 20 heavy (non-hydrogen) atoms. The fraction of sp³-hybridized carbons (Fsp3) is 0.647. The van der Waals surface area contributed by atoms with E-state index in [1.807, 2.05) is 0 Å². The van der Waals surface area contributed by atoms with Crippen LogP contribution >= 0.6 is 0 Å². The van der Waals surface area contributed by atoms with Gasteiger partial charge in [0.05, 0.1) is 6.61 Å². The Morgan fingerprint density at radius 3 is 2.80 bits per heavy atom. The van der Waals surface area contributed by atoms with Crippen molar-refractivity contribution in [3.05, 3.63) is 29.3 Å². The third kappa shape index (κ3) is 5.51. The Morgan fingerprint density at radius 1 is 1.20 bits per heavy atom. The first-order valence-corrected chi connectivity index (χ1v) is 7.83. The van der Waals surface area contributed by atoms with E-state index in [0.717, 1.165) is 31.4 Å². The minimum absolute atomic E-state index is 0.628. The molecule has 0 aliphatic heterocycles. The fourth-order valence-electron chi connectivity index (χ4n) is 2.09. The summed E-state index contributed by atoms with van der Waals surface area (Å²) in [6.07, 6.45) is 4.93. The van der Waals surface area contributed by atoms with Gasteiger partial charge in [0, 0.05) is 24.8 Å². The molecular weight excluding hydrogens is 250 g/mol. The summed E-state index contributed by atoms with van der Waals surface area (Å²) in [7, 11) is 0. The Labute approximate surface area is 122 Å². The van der Waals surface area contributed by atoms with Crippen LogP contribution < -0.4 is 10.1 Å². The van der Waals surface area contributed by atoms with E-state index in [4.69, 9.17) is 9.47 Å². The summed E-state index contributed by atoms with van der Waals surface area (Å²) < 4.78 is 11.4. The second-order valence-electron chi connectivity index (χ2n) is 5.58. The fourth-order valence-corrected chi connectivity index (χ4v) is 2.09. The van der Waals surface area contributed by atoms with Crippen LogP contribution in [0.1, 0.15) is 43.7 Å². The molecule has 1 aromatic carbocycles. The molecule has 0 unspecified atom stereocenters. The molecule has 0 amide bonds. The van der Waals surface area contributed by atoms with E-state index in [1.54, 1.807) is 0 Å². The quantitative estimate of drug-likeness (QED) is 0.665. The van der Waals surface area contributed by atoms with Gasteiger partial charge in [-0.25, -0.2) is 0 Å². The third-order valence-electron chi connectivity index (χ3n) is 3.50. The predicted octanol–water partition coefficient (Wildman–Crippen LogP) is 3.44. The molecule has 0 spiro atoms. The van der Waals surface area contributed by atoms with Crippen molar-refractivity contribution in [3.63, 3.8) is 0 Å². The highest BCUT2D eigenvalue weighted by Crippen LogP contribution is 2.23. The van der Waals surface area contributed by atoms with Gasteiger partial charge in [-0.15, -0.1) is 0 Å². The number of ether oxygens (including phenoxy) is 2. The van der Waals surface area contributed by atoms with Crippen LogP contribution in [-0.4, -0.2) is 25.9 Å². The van der Waals surface area contributed by atoms with Gasteiger partial charge in [-0.3, -0.25) is 0 Å². The minimum atomic E-state index is 0.628. The van der Waals surface area contributed by atoms with E-state index >= 15 is 0 Å². The summed E-state index contributed by atoms with van der Waals surface area (Å²) in [5.74, 6) is 0.989. The second-order valence-corrected chi connectivity index (χ2v) is 5.58. The number of hydrogen-bond donors (Lipinski definition) is 1. The molecule has 1 N–H and O–H groups in total. The zero-order chi connectivity index (χ0) is 14.2. The van der Waals surface area contributed by atoms with E-state index < -0.39 is 0 Å². The van der Waals surface area contributed by atoms with Crippen molar-refractivity contribution in [2.75, 3.05) is 19.8 Å². The molecule has 0 saturated heterocycles. The first-order chi connectivity index (χ1) is 9.79.